The predicted octanol–water partition coefficient (Wildman–Crippen LogP) is 0.398. The zero-order valence-corrected chi connectivity index (χ0v) is 10.6. The highest BCUT2D eigenvalue weighted by atomic mass is 16.5. The highest BCUT2D eigenvalue weighted by molar-refractivity contribution is 5.87. The fourth-order valence-corrected chi connectivity index (χ4v) is 2.00. The average molecular weight is 251 g/mol. The van der Waals surface area contributed by atoms with E-state index < -0.39 is 5.97 Å². The summed E-state index contributed by atoms with van der Waals surface area (Å²) in [5, 5.41) is 12.3. The van der Waals surface area contributed by atoms with Crippen LogP contribution in [0.15, 0.2) is 0 Å². The molecule has 1 atom stereocenters. The average Bonchev–Trinajstić information content (AvgIpc) is 2.37. The van der Waals surface area contributed by atoms with Crippen LogP contribution in [0, 0.1) is 0 Å². The van der Waals surface area contributed by atoms with Gasteiger partial charge in [-0.1, -0.05) is 0 Å². The van der Waals surface area contributed by atoms with Gasteiger partial charge in [-0.05, 0) is 6.92 Å². The van der Waals surface area contributed by atoms with E-state index in [1.54, 1.807) is 7.11 Å². The van der Waals surface area contributed by atoms with Crippen molar-refractivity contribution in [1.82, 2.24) is 15.3 Å². The molecule has 0 radical (unpaired) electrons. The largest absolute Gasteiger partial charge is 0.476 e. The maximum Gasteiger partial charge on any atom is 0.354 e. The third-order valence-corrected chi connectivity index (χ3v) is 3.05. The van der Waals surface area contributed by atoms with Crippen LogP contribution in [0.1, 0.15) is 34.5 Å². The Bertz CT molecular complexity index is 462. The predicted molar refractivity (Wildman–Crippen MR) is 64.6 cm³/mol. The van der Waals surface area contributed by atoms with Crippen molar-refractivity contribution < 1.29 is 14.6 Å². The van der Waals surface area contributed by atoms with Gasteiger partial charge in [-0.15, -0.1) is 0 Å². The molecule has 0 fully saturated rings. The normalized spacial score (nSPS) is 16.1. The van der Waals surface area contributed by atoms with Gasteiger partial charge in [-0.2, -0.15) is 0 Å². The second kappa shape index (κ2) is 5.41. The van der Waals surface area contributed by atoms with Crippen molar-refractivity contribution in [1.29, 1.82) is 0 Å². The van der Waals surface area contributed by atoms with E-state index in [0.29, 0.717) is 24.4 Å². The van der Waals surface area contributed by atoms with Crippen molar-refractivity contribution in [2.45, 2.75) is 32.4 Å². The Balaban J connectivity index is 2.38. The number of fused-ring (bicyclic) bond motifs is 1. The van der Waals surface area contributed by atoms with E-state index in [9.17, 15) is 9.90 Å². The molecule has 2 rings (SSSR count). The van der Waals surface area contributed by atoms with Gasteiger partial charge in [0.05, 0.1) is 11.8 Å². The summed E-state index contributed by atoms with van der Waals surface area (Å²) in [6.07, 6.45) is 1.25. The summed E-state index contributed by atoms with van der Waals surface area (Å²) in [5.41, 5.74) is 1.67. The van der Waals surface area contributed by atoms with E-state index in [1.807, 2.05) is 6.92 Å². The number of ether oxygens (including phenoxy) is 1. The summed E-state index contributed by atoms with van der Waals surface area (Å²) in [7, 11) is 1.62. The molecule has 6 nitrogen and oxygen atoms in total. The second-order valence-corrected chi connectivity index (χ2v) is 4.40. The van der Waals surface area contributed by atoms with Crippen molar-refractivity contribution in [2.75, 3.05) is 13.7 Å². The van der Waals surface area contributed by atoms with Crippen LogP contribution in [0.5, 0.6) is 0 Å². The number of rotatable bonds is 4. The molecule has 0 spiro atoms. The van der Waals surface area contributed by atoms with Gasteiger partial charge in [-0.3, -0.25) is 0 Å². The maximum absolute atomic E-state index is 11.2. The number of carbonyl (C=O) groups is 1. The number of hydrogen-bond acceptors (Lipinski definition) is 5. The SMILES string of the molecule is COC(C)Cc1nc2c(c(C(=O)O)n1)CNCC2. The first-order chi connectivity index (χ1) is 8.61. The fraction of sp³-hybridized carbons (Fsp3) is 0.583. The van der Waals surface area contributed by atoms with Gasteiger partial charge in [0, 0.05) is 38.6 Å². The van der Waals surface area contributed by atoms with Crippen molar-refractivity contribution in [3.63, 3.8) is 0 Å². The number of nitrogens with zero attached hydrogens (tertiary/aromatic N) is 2. The zero-order chi connectivity index (χ0) is 13.1. The summed E-state index contributed by atoms with van der Waals surface area (Å²) in [4.78, 5) is 19.8. The topological polar surface area (TPSA) is 84.3 Å². The Morgan fingerprint density at radius 2 is 2.33 bits per heavy atom. The van der Waals surface area contributed by atoms with E-state index in [0.717, 1.165) is 18.7 Å². The number of aromatic carboxylic acids is 1. The third-order valence-electron chi connectivity index (χ3n) is 3.05. The molecule has 1 aliphatic heterocycles. The first-order valence-electron chi connectivity index (χ1n) is 5.97. The van der Waals surface area contributed by atoms with Crippen LogP contribution in [0.25, 0.3) is 0 Å². The molecule has 1 unspecified atom stereocenters. The van der Waals surface area contributed by atoms with Crippen LogP contribution in [-0.2, 0) is 24.1 Å². The van der Waals surface area contributed by atoms with Gasteiger partial charge in [0.15, 0.2) is 5.69 Å². The lowest BCUT2D eigenvalue weighted by atomic mass is 10.0. The molecule has 18 heavy (non-hydrogen) atoms. The Morgan fingerprint density at radius 1 is 1.56 bits per heavy atom. The van der Waals surface area contributed by atoms with Crippen molar-refractivity contribution in [2.24, 2.45) is 0 Å². The van der Waals surface area contributed by atoms with E-state index in [1.165, 1.54) is 0 Å². The Labute approximate surface area is 105 Å². The van der Waals surface area contributed by atoms with Crippen LogP contribution in [0.3, 0.4) is 0 Å². The molecular formula is C12H17N3O3. The van der Waals surface area contributed by atoms with E-state index in [4.69, 9.17) is 4.74 Å². The smallest absolute Gasteiger partial charge is 0.354 e. The van der Waals surface area contributed by atoms with Crippen LogP contribution in [0.2, 0.25) is 0 Å². The second-order valence-electron chi connectivity index (χ2n) is 4.40. The molecule has 1 aliphatic rings. The summed E-state index contributed by atoms with van der Waals surface area (Å²) >= 11 is 0. The van der Waals surface area contributed by atoms with Crippen molar-refractivity contribution in [3.8, 4) is 0 Å². The highest BCUT2D eigenvalue weighted by Gasteiger charge is 2.22. The minimum absolute atomic E-state index is 0.0218. The quantitative estimate of drug-likeness (QED) is 0.805. The lowest BCUT2D eigenvalue weighted by Gasteiger charge is -2.19. The molecule has 98 valence electrons. The van der Waals surface area contributed by atoms with Gasteiger partial charge >= 0.3 is 5.97 Å². The minimum Gasteiger partial charge on any atom is -0.476 e. The lowest BCUT2D eigenvalue weighted by molar-refractivity contribution is 0.0686. The van der Waals surface area contributed by atoms with Crippen LogP contribution < -0.4 is 5.32 Å². The molecule has 0 saturated carbocycles. The number of aromatic nitrogens is 2. The number of hydrogen-bond donors (Lipinski definition) is 2. The molecule has 0 aromatic carbocycles. The molecule has 0 amide bonds. The molecular weight excluding hydrogens is 234 g/mol. The summed E-state index contributed by atoms with van der Waals surface area (Å²) in [6.45, 7) is 3.25. The molecule has 6 heteroatoms. The van der Waals surface area contributed by atoms with Crippen LogP contribution in [0.4, 0.5) is 0 Å². The standard InChI is InChI=1S/C12H17N3O3/c1-7(18-2)5-10-14-9-3-4-13-6-8(9)11(15-10)12(16)17/h7,13H,3-6H2,1-2H3,(H,16,17). The van der Waals surface area contributed by atoms with E-state index in [-0.39, 0.29) is 11.8 Å². The molecule has 2 N–H and O–H groups in total. The van der Waals surface area contributed by atoms with Gasteiger partial charge in [-0.25, -0.2) is 14.8 Å². The first kappa shape index (κ1) is 12.9. The van der Waals surface area contributed by atoms with Gasteiger partial charge in [0.25, 0.3) is 0 Å². The summed E-state index contributed by atoms with van der Waals surface area (Å²) < 4.78 is 5.16. The highest BCUT2D eigenvalue weighted by Crippen LogP contribution is 2.16. The van der Waals surface area contributed by atoms with Gasteiger partial charge < -0.3 is 15.2 Å². The molecule has 2 heterocycles. The van der Waals surface area contributed by atoms with Crippen LogP contribution >= 0.6 is 0 Å². The molecule has 0 bridgehead atoms. The van der Waals surface area contributed by atoms with Crippen molar-refractivity contribution >= 4 is 5.97 Å². The Kier molecular flexibility index (Phi) is 3.88. The summed E-state index contributed by atoms with van der Waals surface area (Å²) in [6, 6.07) is 0. The molecule has 0 saturated heterocycles. The number of methoxy groups -OCH3 is 1. The molecule has 1 aromatic heterocycles. The summed E-state index contributed by atoms with van der Waals surface area (Å²) in [5.74, 6) is -0.453. The fourth-order valence-electron chi connectivity index (χ4n) is 2.00. The van der Waals surface area contributed by atoms with Crippen LogP contribution in [-0.4, -0.2) is 40.8 Å². The van der Waals surface area contributed by atoms with E-state index >= 15 is 0 Å². The monoisotopic (exact) mass is 251 g/mol. The minimum atomic E-state index is -0.997. The van der Waals surface area contributed by atoms with Gasteiger partial charge in [0.1, 0.15) is 5.82 Å². The number of nitrogens with one attached hydrogen (secondary N) is 1. The van der Waals surface area contributed by atoms with E-state index in [2.05, 4.69) is 15.3 Å². The molecule has 1 aromatic rings. The molecule has 0 aliphatic carbocycles. The Morgan fingerprint density at radius 3 is 3.00 bits per heavy atom. The third kappa shape index (κ3) is 2.65. The number of carboxylic acid groups (broad SMARTS) is 1. The Hall–Kier alpha value is -1.53. The first-order valence-corrected chi connectivity index (χ1v) is 5.97. The maximum atomic E-state index is 11.2. The lowest BCUT2D eigenvalue weighted by Crippen LogP contribution is -2.29. The van der Waals surface area contributed by atoms with Crippen molar-refractivity contribution in [3.05, 3.63) is 22.8 Å². The zero-order valence-electron chi connectivity index (χ0n) is 10.6. The number of carboxylic acids is 1. The van der Waals surface area contributed by atoms with Gasteiger partial charge in [0.2, 0.25) is 0 Å².